The highest BCUT2D eigenvalue weighted by atomic mass is 32.2. The number of nitrogens with two attached hydrogens (primary N) is 1. The molecule has 0 aliphatic rings. The molecule has 0 saturated heterocycles. The van der Waals surface area contributed by atoms with Crippen molar-refractivity contribution < 1.29 is 17.6 Å². The molecule has 0 fully saturated rings. The summed E-state index contributed by atoms with van der Waals surface area (Å²) >= 11 is 0. The SMILES string of the molecule is Cc1oc(C)c(C(=O)NCc2ccc(CS(N)(=O)=O)cc2)c1C. The highest BCUT2D eigenvalue weighted by Crippen LogP contribution is 2.20. The Morgan fingerprint density at radius 1 is 1.09 bits per heavy atom. The zero-order valence-corrected chi connectivity index (χ0v) is 14.2. The molecule has 23 heavy (non-hydrogen) atoms. The number of sulfonamides is 1. The number of aryl methyl sites for hydroxylation is 2. The molecule has 7 heteroatoms. The predicted octanol–water partition coefficient (Wildman–Crippen LogP) is 1.92. The first-order valence-electron chi connectivity index (χ1n) is 7.10. The average molecular weight is 336 g/mol. The summed E-state index contributed by atoms with van der Waals surface area (Å²) in [6, 6.07) is 6.90. The molecular weight excluding hydrogens is 316 g/mol. The Kier molecular flexibility index (Phi) is 4.91. The fourth-order valence-electron chi connectivity index (χ4n) is 2.38. The maximum atomic E-state index is 12.3. The number of amides is 1. The molecule has 0 radical (unpaired) electrons. The molecule has 0 spiro atoms. The average Bonchev–Trinajstić information content (AvgIpc) is 2.69. The Bertz CT molecular complexity index is 821. The summed E-state index contributed by atoms with van der Waals surface area (Å²) < 4.78 is 27.5. The molecule has 2 aromatic rings. The molecule has 0 aliphatic carbocycles. The van der Waals surface area contributed by atoms with Gasteiger partial charge in [-0.05, 0) is 31.9 Å². The number of furan rings is 1. The zero-order valence-electron chi connectivity index (χ0n) is 13.3. The summed E-state index contributed by atoms with van der Waals surface area (Å²) in [4.78, 5) is 12.3. The van der Waals surface area contributed by atoms with Crippen LogP contribution in [0.1, 0.15) is 38.6 Å². The summed E-state index contributed by atoms with van der Waals surface area (Å²) in [5, 5.41) is 7.84. The lowest BCUT2D eigenvalue weighted by Crippen LogP contribution is -2.23. The van der Waals surface area contributed by atoms with E-state index in [4.69, 9.17) is 9.56 Å². The fourth-order valence-corrected chi connectivity index (χ4v) is 3.04. The van der Waals surface area contributed by atoms with Crippen LogP contribution in [0.25, 0.3) is 0 Å². The van der Waals surface area contributed by atoms with Gasteiger partial charge in [0.25, 0.3) is 5.91 Å². The van der Waals surface area contributed by atoms with Crippen molar-refractivity contribution in [2.75, 3.05) is 0 Å². The molecule has 6 nitrogen and oxygen atoms in total. The summed E-state index contributed by atoms with van der Waals surface area (Å²) in [7, 11) is -3.54. The Balaban J connectivity index is 2.02. The molecule has 1 aromatic heterocycles. The topological polar surface area (TPSA) is 102 Å². The molecule has 0 atom stereocenters. The van der Waals surface area contributed by atoms with Gasteiger partial charge in [0.1, 0.15) is 11.5 Å². The highest BCUT2D eigenvalue weighted by Gasteiger charge is 2.18. The summed E-state index contributed by atoms with van der Waals surface area (Å²) in [6.07, 6.45) is 0. The van der Waals surface area contributed by atoms with Crippen molar-refractivity contribution in [2.45, 2.75) is 33.1 Å². The van der Waals surface area contributed by atoms with Gasteiger partial charge in [-0.25, -0.2) is 13.6 Å². The maximum absolute atomic E-state index is 12.3. The number of hydrogen-bond donors (Lipinski definition) is 2. The Hall–Kier alpha value is -2.12. The minimum atomic E-state index is -3.54. The summed E-state index contributed by atoms with van der Waals surface area (Å²) in [5.74, 6) is 0.943. The van der Waals surface area contributed by atoms with E-state index >= 15 is 0 Å². The van der Waals surface area contributed by atoms with Crippen LogP contribution in [0, 0.1) is 20.8 Å². The van der Waals surface area contributed by atoms with E-state index in [1.54, 1.807) is 31.2 Å². The van der Waals surface area contributed by atoms with Crippen molar-refractivity contribution in [2.24, 2.45) is 5.14 Å². The van der Waals surface area contributed by atoms with E-state index in [1.807, 2.05) is 13.8 Å². The minimum Gasteiger partial charge on any atom is -0.466 e. The van der Waals surface area contributed by atoms with Gasteiger partial charge in [-0.15, -0.1) is 0 Å². The quantitative estimate of drug-likeness (QED) is 0.870. The minimum absolute atomic E-state index is 0.189. The summed E-state index contributed by atoms with van der Waals surface area (Å²) in [6.45, 7) is 5.78. The van der Waals surface area contributed by atoms with Crippen LogP contribution in [0.5, 0.6) is 0 Å². The van der Waals surface area contributed by atoms with Gasteiger partial charge in [-0.1, -0.05) is 24.3 Å². The van der Waals surface area contributed by atoms with Gasteiger partial charge in [-0.2, -0.15) is 0 Å². The Morgan fingerprint density at radius 2 is 1.65 bits per heavy atom. The maximum Gasteiger partial charge on any atom is 0.255 e. The van der Waals surface area contributed by atoms with Gasteiger partial charge >= 0.3 is 0 Å². The van der Waals surface area contributed by atoms with E-state index < -0.39 is 10.0 Å². The number of rotatable bonds is 5. The molecule has 1 amide bonds. The first kappa shape index (κ1) is 17.2. The van der Waals surface area contributed by atoms with Gasteiger partial charge in [0.2, 0.25) is 10.0 Å². The predicted molar refractivity (Wildman–Crippen MR) is 87.3 cm³/mol. The van der Waals surface area contributed by atoms with Crippen molar-refractivity contribution in [3.8, 4) is 0 Å². The molecule has 124 valence electrons. The van der Waals surface area contributed by atoms with Crippen LogP contribution in [-0.4, -0.2) is 14.3 Å². The monoisotopic (exact) mass is 336 g/mol. The number of primary sulfonamides is 1. The smallest absolute Gasteiger partial charge is 0.255 e. The largest absolute Gasteiger partial charge is 0.466 e. The first-order valence-corrected chi connectivity index (χ1v) is 8.82. The molecule has 0 aliphatic heterocycles. The van der Waals surface area contributed by atoms with Gasteiger partial charge in [0, 0.05) is 12.1 Å². The van der Waals surface area contributed by atoms with Crippen molar-refractivity contribution >= 4 is 15.9 Å². The molecule has 1 heterocycles. The van der Waals surface area contributed by atoms with Crippen LogP contribution < -0.4 is 10.5 Å². The normalized spacial score (nSPS) is 11.5. The Morgan fingerprint density at radius 3 is 2.13 bits per heavy atom. The third kappa shape index (κ3) is 4.43. The van der Waals surface area contributed by atoms with E-state index in [2.05, 4.69) is 5.32 Å². The molecule has 2 rings (SSSR count). The van der Waals surface area contributed by atoms with Crippen LogP contribution in [0.2, 0.25) is 0 Å². The molecular formula is C16H20N2O4S. The third-order valence-electron chi connectivity index (χ3n) is 3.63. The van der Waals surface area contributed by atoms with Crippen LogP contribution >= 0.6 is 0 Å². The van der Waals surface area contributed by atoms with Gasteiger partial charge in [0.15, 0.2) is 0 Å². The second-order valence-electron chi connectivity index (χ2n) is 5.52. The van der Waals surface area contributed by atoms with Crippen LogP contribution in [0.15, 0.2) is 28.7 Å². The van der Waals surface area contributed by atoms with Gasteiger partial charge in [-0.3, -0.25) is 4.79 Å². The number of benzene rings is 1. The molecule has 1 aromatic carbocycles. The standard InChI is InChI=1S/C16H20N2O4S/c1-10-11(2)22-12(3)15(10)16(19)18-8-13-4-6-14(7-5-13)9-23(17,20)21/h4-7H,8-9H2,1-3H3,(H,18,19)(H2,17,20,21). The van der Waals surface area contributed by atoms with E-state index in [0.29, 0.717) is 23.4 Å². The number of hydrogen-bond acceptors (Lipinski definition) is 4. The lowest BCUT2D eigenvalue weighted by Gasteiger charge is -2.07. The van der Waals surface area contributed by atoms with Crippen molar-refractivity contribution in [1.29, 1.82) is 0 Å². The lowest BCUT2D eigenvalue weighted by molar-refractivity contribution is 0.0949. The molecule has 0 saturated carbocycles. The first-order chi connectivity index (χ1) is 10.7. The molecule has 3 N–H and O–H groups in total. The van der Waals surface area contributed by atoms with E-state index in [0.717, 1.165) is 16.9 Å². The number of nitrogens with one attached hydrogen (secondary N) is 1. The van der Waals surface area contributed by atoms with Crippen LogP contribution in [-0.2, 0) is 22.3 Å². The second kappa shape index (κ2) is 6.55. The van der Waals surface area contributed by atoms with Crippen molar-refractivity contribution in [1.82, 2.24) is 5.32 Å². The highest BCUT2D eigenvalue weighted by molar-refractivity contribution is 7.88. The van der Waals surface area contributed by atoms with E-state index in [9.17, 15) is 13.2 Å². The number of carbonyl (C=O) groups is 1. The van der Waals surface area contributed by atoms with Gasteiger partial charge < -0.3 is 9.73 Å². The number of carbonyl (C=O) groups excluding carboxylic acids is 1. The second-order valence-corrected chi connectivity index (χ2v) is 7.14. The van der Waals surface area contributed by atoms with E-state index in [1.165, 1.54) is 0 Å². The lowest BCUT2D eigenvalue weighted by atomic mass is 10.1. The fraction of sp³-hybridized carbons (Fsp3) is 0.312. The molecule has 0 bridgehead atoms. The van der Waals surface area contributed by atoms with E-state index in [-0.39, 0.29) is 11.7 Å². The van der Waals surface area contributed by atoms with Crippen LogP contribution in [0.4, 0.5) is 0 Å². The molecule has 0 unspecified atom stereocenters. The van der Waals surface area contributed by atoms with Crippen molar-refractivity contribution in [3.63, 3.8) is 0 Å². The Labute approximate surface area is 135 Å². The van der Waals surface area contributed by atoms with Crippen molar-refractivity contribution in [3.05, 3.63) is 58.0 Å². The van der Waals surface area contributed by atoms with Crippen LogP contribution in [0.3, 0.4) is 0 Å². The van der Waals surface area contributed by atoms with Gasteiger partial charge in [0.05, 0.1) is 11.3 Å². The summed E-state index contributed by atoms with van der Waals surface area (Å²) in [5.41, 5.74) is 2.88. The zero-order chi connectivity index (χ0) is 17.2. The third-order valence-corrected chi connectivity index (χ3v) is 4.37.